The maximum Gasteiger partial charge on any atom is 0.170 e. The van der Waals surface area contributed by atoms with E-state index < -0.39 is 0 Å². The molecule has 0 saturated heterocycles. The van der Waals surface area contributed by atoms with Crippen LogP contribution in [0.1, 0.15) is 23.2 Å². The fraction of sp³-hybridized carbons (Fsp3) is 0.294. The van der Waals surface area contributed by atoms with Crippen LogP contribution in [0.4, 0.5) is 0 Å². The van der Waals surface area contributed by atoms with Crippen LogP contribution >= 0.6 is 0 Å². The third kappa shape index (κ3) is 3.89. The van der Waals surface area contributed by atoms with Crippen molar-refractivity contribution in [2.45, 2.75) is 12.8 Å². The van der Waals surface area contributed by atoms with Crippen LogP contribution in [0.2, 0.25) is 0 Å². The van der Waals surface area contributed by atoms with Gasteiger partial charge in [-0.3, -0.25) is 9.59 Å². The fourth-order valence-corrected chi connectivity index (χ4v) is 2.11. The molecule has 4 nitrogen and oxygen atoms in total. The highest BCUT2D eigenvalue weighted by Gasteiger charge is 2.12. The van der Waals surface area contributed by atoms with Crippen molar-refractivity contribution >= 4 is 22.3 Å². The van der Waals surface area contributed by atoms with Gasteiger partial charge in [0.05, 0.1) is 20.1 Å². The molecule has 110 valence electrons. The summed E-state index contributed by atoms with van der Waals surface area (Å²) in [7, 11) is 3.15. The Kier molecular flexibility index (Phi) is 5.06. The molecule has 0 atom stereocenters. The molecule has 2 rings (SSSR count). The van der Waals surface area contributed by atoms with Gasteiger partial charge < -0.3 is 9.47 Å². The van der Waals surface area contributed by atoms with Crippen molar-refractivity contribution in [3.8, 4) is 5.75 Å². The van der Waals surface area contributed by atoms with Crippen LogP contribution in [0.15, 0.2) is 36.4 Å². The highest BCUT2D eigenvalue weighted by molar-refractivity contribution is 6.09. The smallest absolute Gasteiger partial charge is 0.170 e. The molecule has 0 spiro atoms. The number of hydrogen-bond acceptors (Lipinski definition) is 4. The highest BCUT2D eigenvalue weighted by atomic mass is 16.5. The molecule has 0 bridgehead atoms. The van der Waals surface area contributed by atoms with Crippen LogP contribution < -0.4 is 4.74 Å². The monoisotopic (exact) mass is 286 g/mol. The SMILES string of the molecule is COCCC(=O)CC(=O)c1ccc2cc(OC)ccc2c1. The van der Waals surface area contributed by atoms with E-state index in [1.54, 1.807) is 19.2 Å². The number of fused-ring (bicyclic) bond motifs is 1. The number of hydrogen-bond donors (Lipinski definition) is 0. The number of rotatable bonds is 7. The van der Waals surface area contributed by atoms with Crippen LogP contribution in [0, 0.1) is 0 Å². The Balaban J connectivity index is 2.15. The molecule has 0 saturated carbocycles. The maximum atomic E-state index is 12.1. The lowest BCUT2D eigenvalue weighted by atomic mass is 10.0. The van der Waals surface area contributed by atoms with E-state index in [9.17, 15) is 9.59 Å². The van der Waals surface area contributed by atoms with Crippen LogP contribution in [-0.2, 0) is 9.53 Å². The van der Waals surface area contributed by atoms with E-state index in [-0.39, 0.29) is 24.4 Å². The molecule has 2 aromatic rings. The molecule has 0 heterocycles. The minimum atomic E-state index is -0.158. The molecule has 0 fully saturated rings. The molecular weight excluding hydrogens is 268 g/mol. The minimum absolute atomic E-state index is 0.0784. The molecule has 4 heteroatoms. The molecule has 0 unspecified atom stereocenters. The van der Waals surface area contributed by atoms with Gasteiger partial charge in [-0.1, -0.05) is 18.2 Å². The van der Waals surface area contributed by atoms with Gasteiger partial charge in [-0.15, -0.1) is 0 Å². The van der Waals surface area contributed by atoms with Gasteiger partial charge in [-0.25, -0.2) is 0 Å². The summed E-state index contributed by atoms with van der Waals surface area (Å²) < 4.78 is 10.0. The van der Waals surface area contributed by atoms with Crippen LogP contribution in [0.5, 0.6) is 5.75 Å². The van der Waals surface area contributed by atoms with Gasteiger partial charge in [0.2, 0.25) is 0 Å². The average molecular weight is 286 g/mol. The lowest BCUT2D eigenvalue weighted by Gasteiger charge is -2.05. The topological polar surface area (TPSA) is 52.6 Å². The number of carbonyl (C=O) groups is 2. The Morgan fingerprint density at radius 3 is 2.43 bits per heavy atom. The first-order chi connectivity index (χ1) is 10.1. The third-order valence-corrected chi connectivity index (χ3v) is 3.31. The van der Waals surface area contributed by atoms with Crippen molar-refractivity contribution in [3.05, 3.63) is 42.0 Å². The van der Waals surface area contributed by atoms with Gasteiger partial charge in [-0.05, 0) is 29.0 Å². The highest BCUT2D eigenvalue weighted by Crippen LogP contribution is 2.22. The van der Waals surface area contributed by atoms with Crippen molar-refractivity contribution in [1.82, 2.24) is 0 Å². The molecule has 0 aliphatic carbocycles. The summed E-state index contributed by atoms with van der Waals surface area (Å²) in [6.45, 7) is 0.351. The molecule has 0 amide bonds. The number of ether oxygens (including phenoxy) is 2. The van der Waals surface area contributed by atoms with Gasteiger partial charge in [0, 0.05) is 19.1 Å². The zero-order valence-corrected chi connectivity index (χ0v) is 12.2. The Bertz CT molecular complexity index is 661. The van der Waals surface area contributed by atoms with E-state index >= 15 is 0 Å². The van der Waals surface area contributed by atoms with E-state index in [1.165, 1.54) is 7.11 Å². The lowest BCUT2D eigenvalue weighted by molar-refractivity contribution is -0.119. The number of ketones is 2. The summed E-state index contributed by atoms with van der Waals surface area (Å²) in [5.74, 6) is 0.516. The van der Waals surface area contributed by atoms with Crippen molar-refractivity contribution in [2.24, 2.45) is 0 Å². The molecule has 0 N–H and O–H groups in total. The van der Waals surface area contributed by atoms with E-state index in [1.807, 2.05) is 24.3 Å². The van der Waals surface area contributed by atoms with Crippen molar-refractivity contribution in [3.63, 3.8) is 0 Å². The van der Waals surface area contributed by atoms with Crippen molar-refractivity contribution in [2.75, 3.05) is 20.8 Å². The summed E-state index contributed by atoms with van der Waals surface area (Å²) >= 11 is 0. The van der Waals surface area contributed by atoms with Gasteiger partial charge >= 0.3 is 0 Å². The minimum Gasteiger partial charge on any atom is -0.497 e. The maximum absolute atomic E-state index is 12.1. The predicted molar refractivity (Wildman–Crippen MR) is 80.9 cm³/mol. The first kappa shape index (κ1) is 15.2. The Morgan fingerprint density at radius 1 is 1.00 bits per heavy atom. The molecule has 0 aliphatic heterocycles. The second-order valence-electron chi connectivity index (χ2n) is 4.81. The van der Waals surface area contributed by atoms with Crippen molar-refractivity contribution in [1.29, 1.82) is 0 Å². The summed E-state index contributed by atoms with van der Waals surface area (Å²) in [4.78, 5) is 23.7. The normalized spacial score (nSPS) is 10.6. The van der Waals surface area contributed by atoms with Gasteiger partial charge in [0.1, 0.15) is 11.5 Å². The zero-order valence-electron chi connectivity index (χ0n) is 12.2. The quantitative estimate of drug-likeness (QED) is 0.580. The number of methoxy groups -OCH3 is 2. The Labute approximate surface area is 123 Å². The summed E-state index contributed by atoms with van der Waals surface area (Å²) in [6.07, 6.45) is 0.193. The van der Waals surface area contributed by atoms with E-state index in [0.29, 0.717) is 12.2 Å². The van der Waals surface area contributed by atoms with Gasteiger partial charge in [0.15, 0.2) is 5.78 Å². The predicted octanol–water partition coefficient (Wildman–Crippen LogP) is 3.03. The summed E-state index contributed by atoms with van der Waals surface area (Å²) in [5, 5.41) is 1.95. The molecule has 2 aromatic carbocycles. The molecule has 21 heavy (non-hydrogen) atoms. The standard InChI is InChI=1S/C17H18O4/c1-20-8-7-15(18)11-17(19)14-4-3-13-10-16(21-2)6-5-12(13)9-14/h3-6,9-10H,7-8,11H2,1-2H3. The van der Waals surface area contributed by atoms with E-state index in [4.69, 9.17) is 9.47 Å². The summed E-state index contributed by atoms with van der Waals surface area (Å²) in [5.41, 5.74) is 0.554. The molecule has 0 aliphatic rings. The first-order valence-electron chi connectivity index (χ1n) is 6.75. The Morgan fingerprint density at radius 2 is 1.71 bits per heavy atom. The largest absolute Gasteiger partial charge is 0.497 e. The van der Waals surface area contributed by atoms with Gasteiger partial charge in [-0.2, -0.15) is 0 Å². The lowest BCUT2D eigenvalue weighted by Crippen LogP contribution is -2.10. The average Bonchev–Trinajstić information content (AvgIpc) is 2.51. The third-order valence-electron chi connectivity index (χ3n) is 3.31. The summed E-state index contributed by atoms with van der Waals surface area (Å²) in [6, 6.07) is 11.1. The number of carbonyl (C=O) groups excluding carboxylic acids is 2. The van der Waals surface area contributed by atoms with Crippen LogP contribution in [-0.4, -0.2) is 32.4 Å². The molecule has 0 radical (unpaired) electrons. The van der Waals surface area contributed by atoms with E-state index in [0.717, 1.165) is 16.5 Å². The second kappa shape index (κ2) is 6.99. The first-order valence-corrected chi connectivity index (χ1v) is 6.75. The second-order valence-corrected chi connectivity index (χ2v) is 4.81. The molecule has 0 aromatic heterocycles. The number of Topliss-reactive ketones (excluding diaryl/α,β-unsaturated/α-hetero) is 2. The van der Waals surface area contributed by atoms with Crippen molar-refractivity contribution < 1.29 is 19.1 Å². The molecular formula is C17H18O4. The van der Waals surface area contributed by atoms with Crippen LogP contribution in [0.3, 0.4) is 0 Å². The number of benzene rings is 2. The Hall–Kier alpha value is -2.20. The van der Waals surface area contributed by atoms with Gasteiger partial charge in [0.25, 0.3) is 0 Å². The van der Waals surface area contributed by atoms with Crippen LogP contribution in [0.25, 0.3) is 10.8 Å². The zero-order chi connectivity index (χ0) is 15.2. The van der Waals surface area contributed by atoms with E-state index in [2.05, 4.69) is 0 Å². The fourth-order valence-electron chi connectivity index (χ4n) is 2.11.